The molecule has 0 aliphatic rings. The standard InChI is InChI=1S/C16H11BrCl2N2O3S2.C10H9ClN2S.C6H3BrCl2O3S.C6H6ClN.C4H3NOS/c17-10-5-14(19)16(22)15(6-10)26(23,24)21(8-13-7-20-9-25-13)12-3-1-11(18)2-4-12;11-8-1-3-9(4-2-8)13-6-10-5-12-7-14-10;7-3-1-4(8)6(10)5(2-3)13(9,11)12;7-5-1-3-6(8)4-2-5;6-2-4-1-5-3-7-4/h1-7,9,22H,8H2;1-5,7,13H,6H2;1-2,10H;1-4H,8H2;1-3H. The summed E-state index contributed by atoms with van der Waals surface area (Å²) < 4.78 is 50.4. The number of aldehydes is 1. The Balaban J connectivity index is 0.000000203. The number of hydrogen-bond acceptors (Lipinski definition) is 15. The van der Waals surface area contributed by atoms with E-state index in [1.54, 1.807) is 77.1 Å². The summed E-state index contributed by atoms with van der Waals surface area (Å²) in [4.78, 5) is 23.4. The summed E-state index contributed by atoms with van der Waals surface area (Å²) in [5.74, 6) is -1.04. The van der Waals surface area contributed by atoms with Gasteiger partial charge in [0.05, 0.1) is 50.2 Å². The molecule has 0 saturated heterocycles. The number of anilines is 3. The Morgan fingerprint density at radius 2 is 1.10 bits per heavy atom. The fourth-order valence-corrected chi connectivity index (χ4v) is 11.4. The Morgan fingerprint density at radius 1 is 0.647 bits per heavy atom. The minimum Gasteiger partial charge on any atom is -0.505 e. The molecule has 8 rings (SSSR count). The topological polar surface area (TPSA) is 206 Å². The maximum Gasteiger partial charge on any atom is 0.268 e. The SMILES string of the molecule is Clc1ccc(NCc2cncs2)cc1.Nc1ccc(Cl)cc1.O=Cc1cncs1.O=S(=O)(Cl)c1cc(Br)cc(Cl)c1O.O=S(=O)(c1cc(Br)cc(Cl)c1O)N(Cc1cncs1)c1ccc(Cl)cc1. The molecule has 0 saturated carbocycles. The van der Waals surface area contributed by atoms with Gasteiger partial charge >= 0.3 is 0 Å². The number of thiazole rings is 3. The van der Waals surface area contributed by atoms with Crippen molar-refractivity contribution in [2.45, 2.75) is 22.9 Å². The van der Waals surface area contributed by atoms with Crippen LogP contribution < -0.4 is 15.4 Å². The van der Waals surface area contributed by atoms with E-state index in [1.807, 2.05) is 36.0 Å². The molecule has 5 N–H and O–H groups in total. The maximum atomic E-state index is 13.3. The third-order valence-electron chi connectivity index (χ3n) is 7.95. The Kier molecular flexibility index (Phi) is 23.1. The number of sulfonamides is 1. The quantitative estimate of drug-likeness (QED) is 0.0573. The number of aromatic hydroxyl groups is 2. The van der Waals surface area contributed by atoms with E-state index in [1.165, 1.54) is 62.3 Å². The van der Waals surface area contributed by atoms with Crippen molar-refractivity contribution in [2.24, 2.45) is 0 Å². The highest BCUT2D eigenvalue weighted by Crippen LogP contribution is 2.39. The number of carbonyl (C=O) groups is 1. The third-order valence-corrected chi connectivity index (χ3v) is 15.6. The number of nitrogen functional groups attached to an aromatic ring is 1. The number of rotatable bonds is 10. The molecule has 0 unspecified atom stereocenters. The van der Waals surface area contributed by atoms with Crippen LogP contribution in [0, 0.1) is 0 Å². The molecular weight excluding hydrogens is 1230 g/mol. The number of nitrogens with two attached hydrogens (primary N) is 1. The van der Waals surface area contributed by atoms with Gasteiger partial charge in [-0.2, -0.15) is 0 Å². The molecule has 26 heteroatoms. The second kappa shape index (κ2) is 27.6. The lowest BCUT2D eigenvalue weighted by Gasteiger charge is -2.24. The van der Waals surface area contributed by atoms with Gasteiger partial charge in [0.25, 0.3) is 19.1 Å². The summed E-state index contributed by atoms with van der Waals surface area (Å²) in [5.41, 5.74) is 12.7. The second-order valence-electron chi connectivity index (χ2n) is 12.8. The van der Waals surface area contributed by atoms with Crippen LogP contribution in [-0.4, -0.2) is 48.3 Å². The number of hydrogen-bond donors (Lipinski definition) is 4. The van der Waals surface area contributed by atoms with E-state index in [-0.39, 0.29) is 21.5 Å². The molecule has 358 valence electrons. The van der Waals surface area contributed by atoms with Crippen LogP contribution in [0.4, 0.5) is 17.1 Å². The van der Waals surface area contributed by atoms with E-state index in [0.29, 0.717) is 24.5 Å². The normalized spacial score (nSPS) is 10.6. The Hall–Kier alpha value is -3.74. The van der Waals surface area contributed by atoms with Crippen molar-refractivity contribution in [2.75, 3.05) is 15.4 Å². The van der Waals surface area contributed by atoms with Gasteiger partial charge in [-0.05, 0) is 97.1 Å². The Morgan fingerprint density at radius 3 is 1.54 bits per heavy atom. The van der Waals surface area contributed by atoms with Gasteiger partial charge in [-0.25, -0.2) is 16.8 Å². The number of nitrogens with zero attached hydrogens (tertiary/aromatic N) is 4. The Bertz CT molecular complexity index is 3040. The van der Waals surface area contributed by atoms with Gasteiger partial charge in [-0.15, -0.1) is 34.0 Å². The molecule has 8 aromatic rings. The maximum absolute atomic E-state index is 13.3. The predicted octanol–water partition coefficient (Wildman–Crippen LogP) is 14.3. The summed E-state index contributed by atoms with van der Waals surface area (Å²) >= 11 is 39.3. The van der Waals surface area contributed by atoms with Crippen molar-refractivity contribution < 1.29 is 31.8 Å². The van der Waals surface area contributed by atoms with Gasteiger partial charge in [-0.3, -0.25) is 24.1 Å². The largest absolute Gasteiger partial charge is 0.505 e. The van der Waals surface area contributed by atoms with Gasteiger partial charge in [0.2, 0.25) is 0 Å². The lowest BCUT2D eigenvalue weighted by Crippen LogP contribution is -2.30. The van der Waals surface area contributed by atoms with Crippen LogP contribution in [0.2, 0.25) is 25.1 Å². The molecule has 0 aliphatic carbocycles. The number of benzene rings is 5. The van der Waals surface area contributed by atoms with E-state index >= 15 is 0 Å². The Labute approximate surface area is 449 Å². The van der Waals surface area contributed by atoms with Crippen LogP contribution in [-0.2, 0) is 32.2 Å². The average molecular weight is 1270 g/mol. The fourth-order valence-electron chi connectivity index (χ4n) is 4.80. The van der Waals surface area contributed by atoms with Crippen molar-refractivity contribution >= 4 is 177 Å². The summed E-state index contributed by atoms with van der Waals surface area (Å²) in [6.45, 7) is 0.866. The number of nitrogens with one attached hydrogen (secondary N) is 1. The first-order valence-corrected chi connectivity index (χ1v) is 28.2. The van der Waals surface area contributed by atoms with Crippen molar-refractivity contribution in [3.8, 4) is 11.5 Å². The smallest absolute Gasteiger partial charge is 0.268 e. The molecule has 68 heavy (non-hydrogen) atoms. The number of halogens is 8. The fraction of sp³-hybridized carbons (Fsp3) is 0.0476. The minimum absolute atomic E-state index is 0.0538. The number of carbonyl (C=O) groups excluding carboxylic acids is 1. The van der Waals surface area contributed by atoms with E-state index in [9.17, 15) is 31.8 Å². The highest BCUT2D eigenvalue weighted by atomic mass is 79.9. The molecule has 0 atom stereocenters. The zero-order valence-electron chi connectivity index (χ0n) is 34.1. The molecule has 0 spiro atoms. The van der Waals surface area contributed by atoms with Crippen LogP contribution in [0.25, 0.3) is 0 Å². The molecule has 3 aromatic heterocycles. The van der Waals surface area contributed by atoms with Crippen molar-refractivity contribution in [1.29, 1.82) is 0 Å². The molecule has 13 nitrogen and oxygen atoms in total. The van der Waals surface area contributed by atoms with E-state index in [2.05, 4.69) is 52.1 Å². The lowest BCUT2D eigenvalue weighted by atomic mass is 10.3. The zero-order chi connectivity index (χ0) is 50.0. The van der Waals surface area contributed by atoms with Gasteiger partial charge in [-0.1, -0.05) is 89.9 Å². The first-order chi connectivity index (χ1) is 32.2. The van der Waals surface area contributed by atoms with Gasteiger partial charge in [0, 0.05) is 74.4 Å². The summed E-state index contributed by atoms with van der Waals surface area (Å²) in [6.07, 6.45) is 5.79. The molecule has 5 aromatic carbocycles. The predicted molar refractivity (Wildman–Crippen MR) is 286 cm³/mol. The van der Waals surface area contributed by atoms with E-state index in [4.69, 9.17) is 74.4 Å². The van der Waals surface area contributed by atoms with E-state index < -0.39 is 35.5 Å². The molecule has 0 fully saturated rings. The third kappa shape index (κ3) is 18.5. The molecular formula is C42H32Br2Cl6N6O7S5. The molecule has 3 heterocycles. The number of aromatic nitrogens is 3. The minimum atomic E-state index is -4.11. The van der Waals surface area contributed by atoms with Crippen LogP contribution in [0.1, 0.15) is 19.4 Å². The summed E-state index contributed by atoms with van der Waals surface area (Å²) in [7, 11) is -3.04. The zero-order valence-corrected chi connectivity index (χ0v) is 45.9. The number of phenolic OH excluding ortho intramolecular Hbond substituents is 2. The van der Waals surface area contributed by atoms with Gasteiger partial charge in [0.15, 0.2) is 17.8 Å². The number of phenols is 2. The molecule has 0 aliphatic heterocycles. The lowest BCUT2D eigenvalue weighted by molar-refractivity contribution is 0.112. The average Bonchev–Trinajstić information content (AvgIpc) is 4.13. The highest BCUT2D eigenvalue weighted by Gasteiger charge is 2.30. The van der Waals surface area contributed by atoms with Crippen LogP contribution in [0.5, 0.6) is 11.5 Å². The van der Waals surface area contributed by atoms with Gasteiger partial charge < -0.3 is 21.3 Å². The second-order valence-corrected chi connectivity index (χ2v) is 23.9. The molecule has 0 radical (unpaired) electrons. The first-order valence-electron chi connectivity index (χ1n) is 18.4. The van der Waals surface area contributed by atoms with Crippen molar-refractivity contribution in [1.82, 2.24) is 15.0 Å². The van der Waals surface area contributed by atoms with E-state index in [0.717, 1.165) is 39.1 Å². The summed E-state index contributed by atoms with van der Waals surface area (Å²) in [5, 5.41) is 24.6. The van der Waals surface area contributed by atoms with Crippen molar-refractivity contribution in [3.05, 3.63) is 181 Å². The highest BCUT2D eigenvalue weighted by molar-refractivity contribution is 9.10. The van der Waals surface area contributed by atoms with Crippen molar-refractivity contribution in [3.63, 3.8) is 0 Å². The van der Waals surface area contributed by atoms with Crippen LogP contribution in [0.3, 0.4) is 0 Å². The summed E-state index contributed by atoms with van der Waals surface area (Å²) in [6, 6.07) is 26.4. The molecule has 0 amide bonds. The van der Waals surface area contributed by atoms with Gasteiger partial charge in [0.1, 0.15) is 9.79 Å². The molecule has 0 bridgehead atoms. The van der Waals surface area contributed by atoms with Crippen LogP contribution in [0.15, 0.2) is 151 Å². The first kappa shape index (κ1) is 56.8. The van der Waals surface area contributed by atoms with Crippen LogP contribution >= 0.6 is 135 Å². The monoisotopic (exact) mass is 1260 g/mol.